The quantitative estimate of drug-likeness (QED) is 0.851. The zero-order valence-corrected chi connectivity index (χ0v) is 10.1. The van der Waals surface area contributed by atoms with Gasteiger partial charge in [-0.25, -0.2) is 4.98 Å². The second-order valence-electron chi connectivity index (χ2n) is 4.51. The number of fused-ring (bicyclic) bond motifs is 1. The predicted octanol–water partition coefficient (Wildman–Crippen LogP) is 2.16. The zero-order chi connectivity index (χ0) is 11.5. The molecule has 0 fully saturated rings. The highest BCUT2D eigenvalue weighted by Crippen LogP contribution is 2.28. The Morgan fingerprint density at radius 2 is 2.50 bits per heavy atom. The molecule has 4 nitrogen and oxygen atoms in total. The number of nitrogens with zero attached hydrogens (tertiary/aromatic N) is 2. The van der Waals surface area contributed by atoms with Crippen molar-refractivity contribution in [3.05, 3.63) is 17.7 Å². The van der Waals surface area contributed by atoms with Crippen molar-refractivity contribution in [1.82, 2.24) is 9.55 Å². The topological polar surface area (TPSA) is 53.1 Å². The third-order valence-electron chi connectivity index (χ3n) is 2.97. The first-order valence-corrected chi connectivity index (χ1v) is 6.16. The Morgan fingerprint density at radius 3 is 3.19 bits per heavy atom. The van der Waals surface area contributed by atoms with Gasteiger partial charge in [0.25, 0.3) is 0 Å². The van der Waals surface area contributed by atoms with Crippen molar-refractivity contribution in [3.8, 4) is 0 Å². The lowest BCUT2D eigenvalue weighted by Crippen LogP contribution is -2.18. The van der Waals surface area contributed by atoms with Crippen LogP contribution in [0, 0.1) is 0 Å². The number of imidazole rings is 1. The summed E-state index contributed by atoms with van der Waals surface area (Å²) in [5, 5.41) is 0. The second kappa shape index (κ2) is 4.97. The SMILES string of the molecule is CCCOC1CCCn2cc(C(C)N)nc21. The fourth-order valence-corrected chi connectivity index (χ4v) is 2.10. The van der Waals surface area contributed by atoms with E-state index < -0.39 is 0 Å². The van der Waals surface area contributed by atoms with Crippen LogP contribution in [0.25, 0.3) is 0 Å². The molecule has 2 N–H and O–H groups in total. The van der Waals surface area contributed by atoms with Gasteiger partial charge >= 0.3 is 0 Å². The fraction of sp³-hybridized carbons (Fsp3) is 0.750. The van der Waals surface area contributed by atoms with Gasteiger partial charge in [0.15, 0.2) is 0 Å². The van der Waals surface area contributed by atoms with Gasteiger partial charge in [-0.2, -0.15) is 0 Å². The molecule has 1 aromatic rings. The minimum atomic E-state index is 0.00456. The monoisotopic (exact) mass is 223 g/mol. The maximum Gasteiger partial charge on any atom is 0.138 e. The Morgan fingerprint density at radius 1 is 1.69 bits per heavy atom. The fourth-order valence-electron chi connectivity index (χ4n) is 2.10. The molecule has 0 bridgehead atoms. The third kappa shape index (κ3) is 2.28. The molecular weight excluding hydrogens is 202 g/mol. The number of ether oxygens (including phenoxy) is 1. The van der Waals surface area contributed by atoms with Crippen LogP contribution in [-0.2, 0) is 11.3 Å². The maximum absolute atomic E-state index is 5.85. The third-order valence-corrected chi connectivity index (χ3v) is 2.97. The van der Waals surface area contributed by atoms with Crippen LogP contribution in [-0.4, -0.2) is 16.2 Å². The minimum absolute atomic E-state index is 0.00456. The molecule has 2 heterocycles. The van der Waals surface area contributed by atoms with E-state index in [0.717, 1.165) is 43.9 Å². The standard InChI is InChI=1S/C12H21N3O/c1-3-7-16-11-5-4-6-15-8-10(9(2)13)14-12(11)15/h8-9,11H,3-7,13H2,1-2H3. The summed E-state index contributed by atoms with van der Waals surface area (Å²) in [4.78, 5) is 4.60. The van der Waals surface area contributed by atoms with Gasteiger partial charge in [0.2, 0.25) is 0 Å². The van der Waals surface area contributed by atoms with Crippen molar-refractivity contribution in [2.24, 2.45) is 5.73 Å². The van der Waals surface area contributed by atoms with Gasteiger partial charge in [0.1, 0.15) is 11.9 Å². The summed E-state index contributed by atoms with van der Waals surface area (Å²) < 4.78 is 8.02. The van der Waals surface area contributed by atoms with Gasteiger partial charge in [-0.15, -0.1) is 0 Å². The molecule has 0 aliphatic carbocycles. The molecule has 90 valence electrons. The van der Waals surface area contributed by atoms with Gasteiger partial charge in [-0.05, 0) is 26.2 Å². The van der Waals surface area contributed by atoms with Crippen LogP contribution in [0.5, 0.6) is 0 Å². The van der Waals surface area contributed by atoms with E-state index in [4.69, 9.17) is 10.5 Å². The smallest absolute Gasteiger partial charge is 0.138 e. The molecule has 0 spiro atoms. The summed E-state index contributed by atoms with van der Waals surface area (Å²) in [6, 6.07) is 0.00456. The van der Waals surface area contributed by atoms with Gasteiger partial charge in [0.05, 0.1) is 5.69 Å². The van der Waals surface area contributed by atoms with Crippen molar-refractivity contribution < 1.29 is 4.74 Å². The largest absolute Gasteiger partial charge is 0.370 e. The predicted molar refractivity (Wildman–Crippen MR) is 63.0 cm³/mol. The molecule has 0 aromatic carbocycles. The molecule has 2 atom stereocenters. The van der Waals surface area contributed by atoms with Crippen LogP contribution in [0.3, 0.4) is 0 Å². The lowest BCUT2D eigenvalue weighted by atomic mass is 10.1. The molecule has 4 heteroatoms. The minimum Gasteiger partial charge on any atom is -0.370 e. The lowest BCUT2D eigenvalue weighted by Gasteiger charge is -2.23. The average molecular weight is 223 g/mol. The first-order chi connectivity index (χ1) is 7.72. The zero-order valence-electron chi connectivity index (χ0n) is 10.1. The normalized spacial score (nSPS) is 21.8. The Balaban J connectivity index is 2.17. The van der Waals surface area contributed by atoms with Gasteiger partial charge in [0, 0.05) is 25.4 Å². The van der Waals surface area contributed by atoms with E-state index in [0.29, 0.717) is 0 Å². The average Bonchev–Trinajstić information content (AvgIpc) is 2.70. The summed E-state index contributed by atoms with van der Waals surface area (Å²) in [5.41, 5.74) is 6.83. The molecule has 0 saturated carbocycles. The van der Waals surface area contributed by atoms with Crippen LogP contribution in [0.1, 0.15) is 56.8 Å². The van der Waals surface area contributed by atoms with Crippen molar-refractivity contribution in [2.75, 3.05) is 6.61 Å². The van der Waals surface area contributed by atoms with Crippen LogP contribution in [0.4, 0.5) is 0 Å². The van der Waals surface area contributed by atoms with Gasteiger partial charge < -0.3 is 15.0 Å². The Labute approximate surface area is 96.8 Å². The van der Waals surface area contributed by atoms with Gasteiger partial charge in [-0.1, -0.05) is 6.92 Å². The van der Waals surface area contributed by atoms with E-state index in [1.807, 2.05) is 6.92 Å². The molecule has 1 aliphatic heterocycles. The lowest BCUT2D eigenvalue weighted by molar-refractivity contribution is 0.0284. The first kappa shape index (κ1) is 11.6. The molecule has 16 heavy (non-hydrogen) atoms. The van der Waals surface area contributed by atoms with E-state index in [9.17, 15) is 0 Å². The van der Waals surface area contributed by atoms with Crippen molar-refractivity contribution in [3.63, 3.8) is 0 Å². The Bertz CT molecular complexity index is 346. The summed E-state index contributed by atoms with van der Waals surface area (Å²) in [6.45, 7) is 5.95. The Hall–Kier alpha value is -0.870. The van der Waals surface area contributed by atoms with Crippen molar-refractivity contribution >= 4 is 0 Å². The number of nitrogens with two attached hydrogens (primary N) is 1. The second-order valence-corrected chi connectivity index (χ2v) is 4.51. The summed E-state index contributed by atoms with van der Waals surface area (Å²) in [7, 11) is 0. The number of rotatable bonds is 4. The van der Waals surface area contributed by atoms with E-state index in [2.05, 4.69) is 22.7 Å². The van der Waals surface area contributed by atoms with Crippen LogP contribution in [0.15, 0.2) is 6.20 Å². The highest BCUT2D eigenvalue weighted by molar-refractivity contribution is 5.11. The van der Waals surface area contributed by atoms with Gasteiger partial charge in [-0.3, -0.25) is 0 Å². The van der Waals surface area contributed by atoms with E-state index in [1.54, 1.807) is 0 Å². The Kier molecular flexibility index (Phi) is 3.61. The number of aromatic nitrogens is 2. The van der Waals surface area contributed by atoms with E-state index in [1.165, 1.54) is 0 Å². The van der Waals surface area contributed by atoms with E-state index in [-0.39, 0.29) is 12.1 Å². The molecule has 2 unspecified atom stereocenters. The molecule has 0 saturated heterocycles. The van der Waals surface area contributed by atoms with Crippen LogP contribution < -0.4 is 5.73 Å². The highest BCUT2D eigenvalue weighted by Gasteiger charge is 2.24. The first-order valence-electron chi connectivity index (χ1n) is 6.16. The summed E-state index contributed by atoms with van der Waals surface area (Å²) in [6.07, 6.45) is 5.53. The highest BCUT2D eigenvalue weighted by atomic mass is 16.5. The maximum atomic E-state index is 5.85. The molecule has 2 rings (SSSR count). The number of hydrogen-bond donors (Lipinski definition) is 1. The van der Waals surface area contributed by atoms with Crippen LogP contribution >= 0.6 is 0 Å². The molecule has 1 aliphatic rings. The van der Waals surface area contributed by atoms with Crippen LogP contribution in [0.2, 0.25) is 0 Å². The number of aryl methyl sites for hydroxylation is 1. The van der Waals surface area contributed by atoms with E-state index >= 15 is 0 Å². The molecule has 0 amide bonds. The van der Waals surface area contributed by atoms with Crippen molar-refractivity contribution in [2.45, 2.75) is 51.8 Å². The molecule has 0 radical (unpaired) electrons. The molecular formula is C12H21N3O. The summed E-state index contributed by atoms with van der Waals surface area (Å²) in [5.74, 6) is 1.06. The molecule has 1 aromatic heterocycles. The van der Waals surface area contributed by atoms with Crippen molar-refractivity contribution in [1.29, 1.82) is 0 Å². The summed E-state index contributed by atoms with van der Waals surface area (Å²) >= 11 is 0. The number of hydrogen-bond acceptors (Lipinski definition) is 3.